The van der Waals surface area contributed by atoms with E-state index in [1.54, 1.807) is 17.3 Å². The lowest BCUT2D eigenvalue weighted by molar-refractivity contribution is -0.128. The molecule has 1 N–H and O–H groups in total. The molecule has 3 rings (SSSR count). The van der Waals surface area contributed by atoms with Gasteiger partial charge in [0.05, 0.1) is 4.90 Å². The topological polar surface area (TPSA) is 69.7 Å². The van der Waals surface area contributed by atoms with Crippen molar-refractivity contribution in [2.45, 2.75) is 50.6 Å². The van der Waals surface area contributed by atoms with Gasteiger partial charge >= 0.3 is 0 Å². The quantitative estimate of drug-likeness (QED) is 0.849. The average molecular weight is 365 g/mol. The summed E-state index contributed by atoms with van der Waals surface area (Å²) < 4.78 is 27.7. The molecule has 138 valence electrons. The first-order valence-electron chi connectivity index (χ1n) is 8.91. The SMILES string of the molecule is CC(=O)N1CCc2ccc(S(=O)(=O)N3CC(C)NC(C)C3)cc2CC1. The van der Waals surface area contributed by atoms with E-state index < -0.39 is 10.0 Å². The molecule has 2 aliphatic rings. The lowest BCUT2D eigenvalue weighted by atomic mass is 10.0. The molecule has 0 aromatic heterocycles. The van der Waals surface area contributed by atoms with Gasteiger partial charge in [-0.25, -0.2) is 8.42 Å². The van der Waals surface area contributed by atoms with Gasteiger partial charge in [-0.2, -0.15) is 4.31 Å². The summed E-state index contributed by atoms with van der Waals surface area (Å²) in [5, 5.41) is 3.36. The van der Waals surface area contributed by atoms with Crippen LogP contribution >= 0.6 is 0 Å². The molecule has 0 spiro atoms. The number of fused-ring (bicyclic) bond motifs is 1. The molecule has 2 atom stereocenters. The predicted molar refractivity (Wildman–Crippen MR) is 96.9 cm³/mol. The van der Waals surface area contributed by atoms with E-state index in [0.29, 0.717) is 37.5 Å². The Labute approximate surface area is 150 Å². The molecule has 7 heteroatoms. The van der Waals surface area contributed by atoms with Gasteiger partial charge in [-0.3, -0.25) is 4.79 Å². The van der Waals surface area contributed by atoms with Crippen LogP contribution in [-0.2, 0) is 27.7 Å². The van der Waals surface area contributed by atoms with Crippen molar-refractivity contribution in [3.05, 3.63) is 29.3 Å². The summed E-state index contributed by atoms with van der Waals surface area (Å²) in [6, 6.07) is 5.73. The Morgan fingerprint density at radius 2 is 1.68 bits per heavy atom. The van der Waals surface area contributed by atoms with Gasteiger partial charge in [-0.15, -0.1) is 0 Å². The van der Waals surface area contributed by atoms with Crippen molar-refractivity contribution in [2.75, 3.05) is 26.2 Å². The largest absolute Gasteiger partial charge is 0.342 e. The van der Waals surface area contributed by atoms with Crippen LogP contribution in [0.25, 0.3) is 0 Å². The minimum atomic E-state index is -3.49. The van der Waals surface area contributed by atoms with Crippen LogP contribution in [0.3, 0.4) is 0 Å². The summed E-state index contributed by atoms with van der Waals surface area (Å²) in [5.41, 5.74) is 2.19. The van der Waals surface area contributed by atoms with Crippen LogP contribution in [0, 0.1) is 0 Å². The molecule has 2 unspecified atom stereocenters. The molecule has 0 aliphatic carbocycles. The monoisotopic (exact) mass is 365 g/mol. The molecule has 6 nitrogen and oxygen atoms in total. The van der Waals surface area contributed by atoms with Crippen molar-refractivity contribution >= 4 is 15.9 Å². The predicted octanol–water partition coefficient (Wildman–Crippen LogP) is 1.00. The first-order chi connectivity index (χ1) is 11.8. The highest BCUT2D eigenvalue weighted by molar-refractivity contribution is 7.89. The van der Waals surface area contributed by atoms with E-state index in [-0.39, 0.29) is 18.0 Å². The molecular weight excluding hydrogens is 338 g/mol. The van der Waals surface area contributed by atoms with Crippen molar-refractivity contribution in [1.29, 1.82) is 0 Å². The minimum absolute atomic E-state index is 0.0736. The summed E-state index contributed by atoms with van der Waals surface area (Å²) in [5.74, 6) is 0.0736. The number of rotatable bonds is 2. The number of amides is 1. The molecular formula is C18H27N3O3S. The van der Waals surface area contributed by atoms with E-state index in [4.69, 9.17) is 0 Å². The third kappa shape index (κ3) is 3.88. The van der Waals surface area contributed by atoms with E-state index in [9.17, 15) is 13.2 Å². The number of hydrogen-bond acceptors (Lipinski definition) is 4. The number of piperazine rings is 1. The standard InChI is InChI=1S/C18H27N3O3S/c1-13-11-21(12-14(2)19-13)25(23,24)18-5-4-16-6-8-20(15(3)22)9-7-17(16)10-18/h4-5,10,13-14,19H,6-9,11-12H2,1-3H3. The first kappa shape index (κ1) is 18.4. The number of benzene rings is 1. The van der Waals surface area contributed by atoms with E-state index in [0.717, 1.165) is 17.5 Å². The van der Waals surface area contributed by atoms with Crippen LogP contribution in [0.5, 0.6) is 0 Å². The normalized spacial score (nSPS) is 25.3. The van der Waals surface area contributed by atoms with Crippen LogP contribution in [0.15, 0.2) is 23.1 Å². The van der Waals surface area contributed by atoms with Gasteiger partial charge in [0.25, 0.3) is 0 Å². The second-order valence-electron chi connectivity index (χ2n) is 7.23. The van der Waals surface area contributed by atoms with Crippen LogP contribution in [-0.4, -0.2) is 61.8 Å². The molecule has 1 aromatic carbocycles. The van der Waals surface area contributed by atoms with Gasteiger partial charge < -0.3 is 10.2 Å². The van der Waals surface area contributed by atoms with Crippen molar-refractivity contribution in [1.82, 2.24) is 14.5 Å². The van der Waals surface area contributed by atoms with E-state index in [1.807, 2.05) is 30.9 Å². The van der Waals surface area contributed by atoms with E-state index in [2.05, 4.69) is 5.32 Å². The van der Waals surface area contributed by atoms with Crippen molar-refractivity contribution in [3.63, 3.8) is 0 Å². The summed E-state index contributed by atoms with van der Waals surface area (Å²) in [7, 11) is -3.49. The summed E-state index contributed by atoms with van der Waals surface area (Å²) >= 11 is 0. The van der Waals surface area contributed by atoms with Crippen molar-refractivity contribution < 1.29 is 13.2 Å². The molecule has 0 saturated carbocycles. The Morgan fingerprint density at radius 3 is 2.28 bits per heavy atom. The molecule has 1 aromatic rings. The van der Waals surface area contributed by atoms with Gasteiger partial charge in [0.15, 0.2) is 0 Å². The maximum Gasteiger partial charge on any atom is 0.243 e. The maximum atomic E-state index is 13.1. The zero-order valence-electron chi connectivity index (χ0n) is 15.2. The van der Waals surface area contributed by atoms with Gasteiger partial charge in [-0.1, -0.05) is 6.07 Å². The number of nitrogens with one attached hydrogen (secondary N) is 1. The van der Waals surface area contributed by atoms with Crippen LogP contribution in [0.2, 0.25) is 0 Å². The molecule has 2 heterocycles. The van der Waals surface area contributed by atoms with Gasteiger partial charge in [0.1, 0.15) is 0 Å². The highest BCUT2D eigenvalue weighted by atomic mass is 32.2. The van der Waals surface area contributed by atoms with Crippen LogP contribution < -0.4 is 5.32 Å². The average Bonchev–Trinajstić information content (AvgIpc) is 2.75. The number of sulfonamides is 1. The Bertz CT molecular complexity index is 753. The summed E-state index contributed by atoms with van der Waals surface area (Å²) in [6.45, 7) is 7.91. The van der Waals surface area contributed by atoms with Crippen LogP contribution in [0.4, 0.5) is 0 Å². The molecule has 0 bridgehead atoms. The number of hydrogen-bond donors (Lipinski definition) is 1. The molecule has 1 fully saturated rings. The maximum absolute atomic E-state index is 13.1. The summed E-state index contributed by atoms with van der Waals surface area (Å²) in [6.07, 6.45) is 1.48. The number of carbonyl (C=O) groups is 1. The van der Waals surface area contributed by atoms with Gasteiger partial charge in [0.2, 0.25) is 15.9 Å². The smallest absolute Gasteiger partial charge is 0.243 e. The second-order valence-corrected chi connectivity index (χ2v) is 9.17. The molecule has 25 heavy (non-hydrogen) atoms. The Kier molecular flexibility index (Phi) is 5.18. The lowest BCUT2D eigenvalue weighted by Crippen LogP contribution is -2.55. The van der Waals surface area contributed by atoms with Crippen LogP contribution in [0.1, 0.15) is 31.9 Å². The number of carbonyl (C=O) groups excluding carboxylic acids is 1. The highest BCUT2D eigenvalue weighted by Crippen LogP contribution is 2.24. The fourth-order valence-corrected chi connectivity index (χ4v) is 5.47. The van der Waals surface area contributed by atoms with Gasteiger partial charge in [-0.05, 0) is 49.9 Å². The highest BCUT2D eigenvalue weighted by Gasteiger charge is 2.31. The Balaban J connectivity index is 1.86. The molecule has 1 saturated heterocycles. The minimum Gasteiger partial charge on any atom is -0.342 e. The Hall–Kier alpha value is -1.44. The van der Waals surface area contributed by atoms with Gasteiger partial charge in [0, 0.05) is 45.2 Å². The Morgan fingerprint density at radius 1 is 1.08 bits per heavy atom. The van der Waals surface area contributed by atoms with E-state index >= 15 is 0 Å². The first-order valence-corrected chi connectivity index (χ1v) is 10.3. The molecule has 0 radical (unpaired) electrons. The van der Waals surface area contributed by atoms with E-state index in [1.165, 1.54) is 0 Å². The summed E-state index contributed by atoms with van der Waals surface area (Å²) in [4.78, 5) is 13.8. The third-order valence-electron chi connectivity index (χ3n) is 5.09. The third-order valence-corrected chi connectivity index (χ3v) is 6.91. The zero-order valence-corrected chi connectivity index (χ0v) is 16.0. The zero-order chi connectivity index (χ0) is 18.2. The second kappa shape index (κ2) is 7.05. The molecule has 2 aliphatic heterocycles. The lowest BCUT2D eigenvalue weighted by Gasteiger charge is -2.35. The molecule has 1 amide bonds. The fraction of sp³-hybridized carbons (Fsp3) is 0.611. The van der Waals surface area contributed by atoms with Crippen molar-refractivity contribution in [3.8, 4) is 0 Å². The number of nitrogens with zero attached hydrogens (tertiary/aromatic N) is 2. The fourth-order valence-electron chi connectivity index (χ4n) is 3.80. The van der Waals surface area contributed by atoms with Crippen molar-refractivity contribution in [2.24, 2.45) is 0 Å².